The minimum absolute atomic E-state index is 0.738. The first kappa shape index (κ1) is 16.1. The van der Waals surface area contributed by atoms with E-state index in [4.69, 9.17) is 9.47 Å². The molecule has 0 amide bonds. The summed E-state index contributed by atoms with van der Waals surface area (Å²) in [6.45, 7) is 9.26. The second-order valence-corrected chi connectivity index (χ2v) is 5.67. The molecule has 0 bridgehead atoms. The molecule has 1 aliphatic rings. The maximum absolute atomic E-state index is 5.85. The fourth-order valence-electron chi connectivity index (χ4n) is 2.35. The largest absolute Gasteiger partial charge is 0.493 e. The van der Waals surface area contributed by atoms with Gasteiger partial charge in [-0.1, -0.05) is 19.4 Å². The maximum Gasteiger partial charge on any atom is 0.123 e. The van der Waals surface area contributed by atoms with Crippen LogP contribution in [0.3, 0.4) is 0 Å². The van der Waals surface area contributed by atoms with Crippen LogP contribution in [0.4, 0.5) is 0 Å². The highest BCUT2D eigenvalue weighted by Crippen LogP contribution is 2.19. The molecule has 1 heterocycles. The Kier molecular flexibility index (Phi) is 6.83. The van der Waals surface area contributed by atoms with Gasteiger partial charge in [0.15, 0.2) is 0 Å². The average molecular weight is 292 g/mol. The molecule has 1 aliphatic heterocycles. The van der Waals surface area contributed by atoms with Gasteiger partial charge in [0.25, 0.3) is 0 Å². The third-order valence-electron chi connectivity index (χ3n) is 3.84. The fourth-order valence-corrected chi connectivity index (χ4v) is 2.35. The summed E-state index contributed by atoms with van der Waals surface area (Å²) in [6, 6.07) is 7.96. The quantitative estimate of drug-likeness (QED) is 0.687. The van der Waals surface area contributed by atoms with Crippen LogP contribution in [-0.4, -0.2) is 62.8 Å². The molecule has 0 saturated carbocycles. The summed E-state index contributed by atoms with van der Waals surface area (Å²) in [6.07, 6.45) is 2.25. The van der Waals surface area contributed by atoms with Crippen LogP contribution in [0, 0.1) is 0 Å². The second-order valence-electron chi connectivity index (χ2n) is 5.67. The SMILES string of the molecule is CCCCOc1cccc(OCCN2CCN(C)CC2)c1. The Hall–Kier alpha value is -1.26. The Morgan fingerprint density at radius 2 is 1.67 bits per heavy atom. The molecule has 0 aliphatic carbocycles. The first-order valence-electron chi connectivity index (χ1n) is 8.04. The molecule has 1 aromatic carbocycles. The van der Waals surface area contributed by atoms with Crippen molar-refractivity contribution in [1.82, 2.24) is 9.80 Å². The van der Waals surface area contributed by atoms with Crippen LogP contribution in [0.25, 0.3) is 0 Å². The lowest BCUT2D eigenvalue weighted by molar-refractivity contribution is 0.133. The highest BCUT2D eigenvalue weighted by Gasteiger charge is 2.13. The van der Waals surface area contributed by atoms with Gasteiger partial charge in [-0.3, -0.25) is 4.90 Å². The molecule has 21 heavy (non-hydrogen) atoms. The predicted molar refractivity (Wildman–Crippen MR) is 86.3 cm³/mol. The molecule has 0 spiro atoms. The lowest BCUT2D eigenvalue weighted by atomic mass is 10.3. The number of hydrogen-bond donors (Lipinski definition) is 0. The number of benzene rings is 1. The summed E-state index contributed by atoms with van der Waals surface area (Å²) in [5.41, 5.74) is 0. The molecule has 1 fully saturated rings. The van der Waals surface area contributed by atoms with E-state index >= 15 is 0 Å². The van der Waals surface area contributed by atoms with Gasteiger partial charge in [-0.25, -0.2) is 0 Å². The van der Waals surface area contributed by atoms with Crippen LogP contribution in [0.2, 0.25) is 0 Å². The van der Waals surface area contributed by atoms with Crippen LogP contribution in [0.5, 0.6) is 11.5 Å². The number of hydrogen-bond acceptors (Lipinski definition) is 4. The molecule has 0 unspecified atom stereocenters. The summed E-state index contributed by atoms with van der Waals surface area (Å²) < 4.78 is 11.5. The fraction of sp³-hybridized carbons (Fsp3) is 0.647. The molecule has 1 aromatic rings. The molecule has 2 rings (SSSR count). The van der Waals surface area contributed by atoms with Gasteiger partial charge in [-0.2, -0.15) is 0 Å². The van der Waals surface area contributed by atoms with Gasteiger partial charge in [0.2, 0.25) is 0 Å². The minimum Gasteiger partial charge on any atom is -0.493 e. The van der Waals surface area contributed by atoms with E-state index in [9.17, 15) is 0 Å². The van der Waals surface area contributed by atoms with Crippen molar-refractivity contribution in [3.05, 3.63) is 24.3 Å². The van der Waals surface area contributed by atoms with E-state index in [2.05, 4.69) is 23.8 Å². The van der Waals surface area contributed by atoms with Crippen LogP contribution < -0.4 is 9.47 Å². The monoisotopic (exact) mass is 292 g/mol. The topological polar surface area (TPSA) is 24.9 Å². The first-order chi connectivity index (χ1) is 10.3. The molecule has 0 atom stereocenters. The van der Waals surface area contributed by atoms with E-state index in [-0.39, 0.29) is 0 Å². The Morgan fingerprint density at radius 3 is 2.33 bits per heavy atom. The third kappa shape index (κ3) is 5.94. The van der Waals surface area contributed by atoms with Gasteiger partial charge in [-0.15, -0.1) is 0 Å². The van der Waals surface area contributed by atoms with Crippen molar-refractivity contribution in [1.29, 1.82) is 0 Å². The van der Waals surface area contributed by atoms with Crippen molar-refractivity contribution in [3.8, 4) is 11.5 Å². The van der Waals surface area contributed by atoms with Gasteiger partial charge in [0.05, 0.1) is 6.61 Å². The zero-order valence-corrected chi connectivity index (χ0v) is 13.4. The molecule has 0 aromatic heterocycles. The van der Waals surface area contributed by atoms with E-state index < -0.39 is 0 Å². The van der Waals surface area contributed by atoms with Gasteiger partial charge in [0, 0.05) is 38.8 Å². The lowest BCUT2D eigenvalue weighted by Gasteiger charge is -2.32. The zero-order valence-electron chi connectivity index (χ0n) is 13.4. The molecule has 1 saturated heterocycles. The van der Waals surface area contributed by atoms with Crippen molar-refractivity contribution < 1.29 is 9.47 Å². The summed E-state index contributed by atoms with van der Waals surface area (Å²) in [4.78, 5) is 4.83. The van der Waals surface area contributed by atoms with Crippen molar-refractivity contribution >= 4 is 0 Å². The van der Waals surface area contributed by atoms with Crippen molar-refractivity contribution in [2.24, 2.45) is 0 Å². The molecule has 0 N–H and O–H groups in total. The Balaban J connectivity index is 1.69. The lowest BCUT2D eigenvalue weighted by Crippen LogP contribution is -2.45. The van der Waals surface area contributed by atoms with Gasteiger partial charge in [0.1, 0.15) is 18.1 Å². The van der Waals surface area contributed by atoms with E-state index in [0.717, 1.165) is 70.3 Å². The number of piperazine rings is 1. The predicted octanol–water partition coefficient (Wildman–Crippen LogP) is 2.49. The molecular formula is C17H28N2O2. The summed E-state index contributed by atoms with van der Waals surface area (Å²) >= 11 is 0. The Bertz CT molecular complexity index is 404. The Morgan fingerprint density at radius 1 is 1.00 bits per heavy atom. The number of ether oxygens (including phenoxy) is 2. The highest BCUT2D eigenvalue weighted by atomic mass is 16.5. The van der Waals surface area contributed by atoms with Crippen molar-refractivity contribution in [3.63, 3.8) is 0 Å². The van der Waals surface area contributed by atoms with E-state index in [0.29, 0.717) is 0 Å². The maximum atomic E-state index is 5.85. The number of unbranched alkanes of at least 4 members (excludes halogenated alkanes) is 1. The van der Waals surface area contributed by atoms with Gasteiger partial charge in [-0.05, 0) is 25.6 Å². The normalized spacial score (nSPS) is 16.9. The Labute approximate surface area is 128 Å². The van der Waals surface area contributed by atoms with Gasteiger partial charge < -0.3 is 14.4 Å². The summed E-state index contributed by atoms with van der Waals surface area (Å²) in [5, 5.41) is 0. The average Bonchev–Trinajstić information content (AvgIpc) is 2.50. The molecule has 4 heteroatoms. The van der Waals surface area contributed by atoms with E-state index in [1.165, 1.54) is 0 Å². The number of rotatable bonds is 8. The van der Waals surface area contributed by atoms with E-state index in [1.807, 2.05) is 24.3 Å². The number of nitrogens with zero attached hydrogens (tertiary/aromatic N) is 2. The minimum atomic E-state index is 0.738. The third-order valence-corrected chi connectivity index (χ3v) is 3.84. The standard InChI is InChI=1S/C17H28N2O2/c1-3-4-13-20-16-6-5-7-17(15-16)21-14-12-19-10-8-18(2)9-11-19/h5-7,15H,3-4,8-14H2,1-2H3. The van der Waals surface area contributed by atoms with Crippen LogP contribution in [0.1, 0.15) is 19.8 Å². The molecule has 0 radical (unpaired) electrons. The molecule has 118 valence electrons. The number of likely N-dealkylation sites (N-methyl/N-ethyl adjacent to an activating group) is 1. The van der Waals surface area contributed by atoms with Gasteiger partial charge >= 0.3 is 0 Å². The summed E-state index contributed by atoms with van der Waals surface area (Å²) in [7, 11) is 2.18. The highest BCUT2D eigenvalue weighted by molar-refractivity contribution is 5.32. The molecular weight excluding hydrogens is 264 g/mol. The molecule has 4 nitrogen and oxygen atoms in total. The van der Waals surface area contributed by atoms with Crippen LogP contribution in [-0.2, 0) is 0 Å². The van der Waals surface area contributed by atoms with E-state index in [1.54, 1.807) is 0 Å². The van der Waals surface area contributed by atoms with Crippen LogP contribution >= 0.6 is 0 Å². The smallest absolute Gasteiger partial charge is 0.123 e. The van der Waals surface area contributed by atoms with Crippen molar-refractivity contribution in [2.45, 2.75) is 19.8 Å². The van der Waals surface area contributed by atoms with Crippen molar-refractivity contribution in [2.75, 3.05) is 53.0 Å². The first-order valence-corrected chi connectivity index (χ1v) is 8.04. The van der Waals surface area contributed by atoms with Crippen LogP contribution in [0.15, 0.2) is 24.3 Å². The zero-order chi connectivity index (χ0) is 14.9. The summed E-state index contributed by atoms with van der Waals surface area (Å²) in [5.74, 6) is 1.80. The second kappa shape index (κ2) is 8.90.